The minimum absolute atomic E-state index is 0. The first-order chi connectivity index (χ1) is 17.5. The summed E-state index contributed by atoms with van der Waals surface area (Å²) in [6.45, 7) is 14.7. The van der Waals surface area contributed by atoms with E-state index in [0.717, 1.165) is 25.6 Å². The average molecular weight is 730 g/mol. The Kier molecular flexibility index (Phi) is 21.1. The molecule has 4 aromatic rings. The molecular formula is C30H37Br2N6Y-. The standard InChI is InChI=1S/C8H12N2.C8H8N2.C7H8BrN.C6H6BrN.CH3.Y/c2*1-6-4-10-5-8(3-9)7(6)2;1-5-3-9-4-7(8)6(5)2;1-5-2-6(7)4-8-3-5;;/h4-5H,3,9H2,1-2H3;4-5H,1-2H3;3-4H,1-2H3;2-4H,1H3;1H3;/q;;;;-1;. The normalized spacial score (nSPS) is 8.95. The van der Waals surface area contributed by atoms with Crippen molar-refractivity contribution in [1.29, 1.82) is 5.26 Å². The Morgan fingerprint density at radius 3 is 1.56 bits per heavy atom. The molecule has 0 unspecified atom stereocenters. The third kappa shape index (κ3) is 14.4. The van der Waals surface area contributed by atoms with Crippen molar-refractivity contribution in [2.24, 2.45) is 5.73 Å². The third-order valence-electron chi connectivity index (χ3n) is 5.63. The summed E-state index contributed by atoms with van der Waals surface area (Å²) in [6, 6.07) is 4.09. The fourth-order valence-electron chi connectivity index (χ4n) is 2.75. The fraction of sp³-hybridized carbons (Fsp3) is 0.267. The van der Waals surface area contributed by atoms with Crippen molar-refractivity contribution < 1.29 is 32.7 Å². The first-order valence-corrected chi connectivity index (χ1v) is 13.2. The van der Waals surface area contributed by atoms with Crippen LogP contribution in [0.25, 0.3) is 0 Å². The van der Waals surface area contributed by atoms with E-state index in [1.54, 1.807) is 18.6 Å². The van der Waals surface area contributed by atoms with Crippen LogP contribution in [0, 0.1) is 67.2 Å². The molecule has 0 bridgehead atoms. The molecular weight excluding hydrogens is 693 g/mol. The van der Waals surface area contributed by atoms with Gasteiger partial charge in [0.15, 0.2) is 0 Å². The summed E-state index contributed by atoms with van der Waals surface area (Å²) in [5.74, 6) is 0. The van der Waals surface area contributed by atoms with Crippen molar-refractivity contribution in [3.05, 3.63) is 122 Å². The van der Waals surface area contributed by atoms with Crippen LogP contribution in [0.15, 0.2) is 64.6 Å². The second-order valence-electron chi connectivity index (χ2n) is 8.43. The molecule has 0 atom stereocenters. The van der Waals surface area contributed by atoms with Crippen molar-refractivity contribution in [3.63, 3.8) is 0 Å². The van der Waals surface area contributed by atoms with Gasteiger partial charge in [-0.3, -0.25) is 19.9 Å². The van der Waals surface area contributed by atoms with Gasteiger partial charge in [0.1, 0.15) is 6.07 Å². The molecule has 4 aromatic heterocycles. The Morgan fingerprint density at radius 1 is 0.692 bits per heavy atom. The van der Waals surface area contributed by atoms with Gasteiger partial charge in [-0.15, -0.1) is 0 Å². The van der Waals surface area contributed by atoms with E-state index in [2.05, 4.69) is 71.7 Å². The molecule has 4 rings (SSSR count). The number of nitriles is 1. The van der Waals surface area contributed by atoms with Gasteiger partial charge in [-0.25, -0.2) is 0 Å². The largest absolute Gasteiger partial charge is 0.358 e. The zero-order chi connectivity index (χ0) is 28.0. The van der Waals surface area contributed by atoms with E-state index >= 15 is 0 Å². The van der Waals surface area contributed by atoms with Crippen LogP contribution >= 0.6 is 31.9 Å². The molecule has 0 aliphatic heterocycles. The number of nitrogens with zero attached hydrogens (tertiary/aromatic N) is 5. The molecule has 39 heavy (non-hydrogen) atoms. The maximum absolute atomic E-state index is 8.55. The quantitative estimate of drug-likeness (QED) is 0.201. The molecule has 205 valence electrons. The molecule has 1 radical (unpaired) electrons. The Morgan fingerprint density at radius 2 is 1.18 bits per heavy atom. The van der Waals surface area contributed by atoms with E-state index < -0.39 is 0 Å². The van der Waals surface area contributed by atoms with Crippen LogP contribution in [0.2, 0.25) is 0 Å². The molecule has 0 saturated heterocycles. The van der Waals surface area contributed by atoms with E-state index in [1.807, 2.05) is 71.7 Å². The van der Waals surface area contributed by atoms with Gasteiger partial charge in [0, 0.05) is 97.8 Å². The molecule has 0 aromatic carbocycles. The predicted molar refractivity (Wildman–Crippen MR) is 165 cm³/mol. The van der Waals surface area contributed by atoms with Crippen molar-refractivity contribution in [2.75, 3.05) is 0 Å². The second-order valence-corrected chi connectivity index (χ2v) is 10.2. The predicted octanol–water partition coefficient (Wildman–Crippen LogP) is 7.79. The molecule has 0 amide bonds. The smallest absolute Gasteiger partial charge is 0.101 e. The number of rotatable bonds is 1. The van der Waals surface area contributed by atoms with Gasteiger partial charge in [-0.2, -0.15) is 5.26 Å². The van der Waals surface area contributed by atoms with E-state index in [0.29, 0.717) is 12.1 Å². The minimum atomic E-state index is 0. The summed E-state index contributed by atoms with van der Waals surface area (Å²) < 4.78 is 2.13. The molecule has 9 heteroatoms. The van der Waals surface area contributed by atoms with Gasteiger partial charge in [0.25, 0.3) is 0 Å². The maximum atomic E-state index is 8.55. The monoisotopic (exact) mass is 728 g/mol. The second kappa shape index (κ2) is 20.9. The Bertz CT molecular complexity index is 1300. The summed E-state index contributed by atoms with van der Waals surface area (Å²) >= 11 is 6.68. The molecule has 6 nitrogen and oxygen atoms in total. The summed E-state index contributed by atoms with van der Waals surface area (Å²) in [5, 5.41) is 8.55. The van der Waals surface area contributed by atoms with E-state index in [-0.39, 0.29) is 40.1 Å². The van der Waals surface area contributed by atoms with Gasteiger partial charge < -0.3 is 13.2 Å². The molecule has 4 heterocycles. The zero-order valence-electron chi connectivity index (χ0n) is 24.0. The number of nitrogens with two attached hydrogens (primary N) is 1. The van der Waals surface area contributed by atoms with Crippen LogP contribution in [0.3, 0.4) is 0 Å². The van der Waals surface area contributed by atoms with Crippen LogP contribution in [0.1, 0.15) is 50.1 Å². The Hall–Kier alpha value is -1.89. The van der Waals surface area contributed by atoms with E-state index in [1.165, 1.54) is 27.8 Å². The van der Waals surface area contributed by atoms with Gasteiger partial charge in [0.2, 0.25) is 0 Å². The molecule has 0 saturated carbocycles. The Labute approximate surface area is 276 Å². The van der Waals surface area contributed by atoms with Crippen LogP contribution in [0.5, 0.6) is 0 Å². The van der Waals surface area contributed by atoms with Gasteiger partial charge in [0.05, 0.1) is 5.56 Å². The number of aryl methyl sites for hydroxylation is 4. The Balaban J connectivity index is 0. The first kappa shape index (κ1) is 39.3. The van der Waals surface area contributed by atoms with E-state index in [4.69, 9.17) is 11.0 Å². The summed E-state index contributed by atoms with van der Waals surface area (Å²) in [5.41, 5.74) is 15.5. The number of hydrogen-bond donors (Lipinski definition) is 1. The average Bonchev–Trinajstić information content (AvgIpc) is 2.87. The first-order valence-electron chi connectivity index (χ1n) is 11.6. The fourth-order valence-corrected chi connectivity index (χ4v) is 3.66. The zero-order valence-corrected chi connectivity index (χ0v) is 30.1. The number of halogens is 2. The number of hydrogen-bond acceptors (Lipinski definition) is 6. The van der Waals surface area contributed by atoms with Crippen molar-refractivity contribution in [2.45, 2.75) is 55.0 Å². The number of pyridine rings is 4. The van der Waals surface area contributed by atoms with Gasteiger partial charge in [-0.1, -0.05) is 0 Å². The van der Waals surface area contributed by atoms with Crippen LogP contribution in [-0.2, 0) is 39.3 Å². The van der Waals surface area contributed by atoms with Crippen molar-refractivity contribution in [1.82, 2.24) is 19.9 Å². The maximum Gasteiger partial charge on any atom is 0.101 e. The minimum Gasteiger partial charge on any atom is -0.358 e. The van der Waals surface area contributed by atoms with Crippen molar-refractivity contribution in [3.8, 4) is 6.07 Å². The number of aromatic nitrogens is 4. The summed E-state index contributed by atoms with van der Waals surface area (Å²) in [4.78, 5) is 15.9. The summed E-state index contributed by atoms with van der Waals surface area (Å²) in [6.07, 6.45) is 14.3. The molecule has 0 spiro atoms. The van der Waals surface area contributed by atoms with Crippen molar-refractivity contribution >= 4 is 31.9 Å². The van der Waals surface area contributed by atoms with Crippen LogP contribution in [0.4, 0.5) is 0 Å². The third-order valence-corrected chi connectivity index (χ3v) is 6.86. The van der Waals surface area contributed by atoms with Gasteiger partial charge >= 0.3 is 0 Å². The van der Waals surface area contributed by atoms with Crippen LogP contribution in [-0.4, -0.2) is 19.9 Å². The SMILES string of the molecule is Cc1cncc(Br)c1.Cc1cncc(Br)c1C.Cc1cncc(C#N)c1C.Cc1cncc(CN)c1C.[CH3-].[Y]. The van der Waals surface area contributed by atoms with Gasteiger partial charge in [-0.05, 0) is 131 Å². The molecule has 0 fully saturated rings. The summed E-state index contributed by atoms with van der Waals surface area (Å²) in [7, 11) is 0. The topological polar surface area (TPSA) is 101 Å². The molecule has 0 aliphatic carbocycles. The molecule has 2 N–H and O–H groups in total. The van der Waals surface area contributed by atoms with Crippen LogP contribution < -0.4 is 5.73 Å². The van der Waals surface area contributed by atoms with E-state index in [9.17, 15) is 0 Å². The molecule has 0 aliphatic rings.